The minimum atomic E-state index is -1.56. The van der Waals surface area contributed by atoms with E-state index in [0.717, 1.165) is 42.1 Å². The van der Waals surface area contributed by atoms with E-state index in [0.29, 0.717) is 35.7 Å². The predicted octanol–water partition coefficient (Wildman–Crippen LogP) is 8.35. The quantitative estimate of drug-likeness (QED) is 0.0596. The predicted molar refractivity (Wildman–Crippen MR) is 339 cm³/mol. The third-order valence-electron chi connectivity index (χ3n) is 15.7. The van der Waals surface area contributed by atoms with E-state index in [1.807, 2.05) is 132 Å². The molecule has 0 spiro atoms. The summed E-state index contributed by atoms with van der Waals surface area (Å²) in [5.74, 6) is -6.24. The number of esters is 4. The van der Waals surface area contributed by atoms with E-state index in [9.17, 15) is 28.8 Å². The highest BCUT2D eigenvalue weighted by Gasteiger charge is 2.43. The third kappa shape index (κ3) is 20.4. The van der Waals surface area contributed by atoms with Crippen LogP contribution in [0.15, 0.2) is 60.9 Å². The van der Waals surface area contributed by atoms with Crippen LogP contribution in [0.1, 0.15) is 156 Å². The van der Waals surface area contributed by atoms with E-state index in [2.05, 4.69) is 10.2 Å². The molecule has 496 valence electrons. The van der Waals surface area contributed by atoms with Crippen molar-refractivity contribution in [2.75, 3.05) is 28.2 Å². The molecule has 22 heteroatoms. The van der Waals surface area contributed by atoms with E-state index < -0.39 is 96.1 Å². The number of carbonyl (C=O) groups is 8. The van der Waals surface area contributed by atoms with E-state index in [4.69, 9.17) is 28.4 Å². The molecular formula is C68H100N8O14. The molecule has 0 saturated carbocycles. The number of rotatable bonds is 20. The number of hydrogen-bond donors (Lipinski definition) is 0. The molecule has 90 heavy (non-hydrogen) atoms. The van der Waals surface area contributed by atoms with Crippen LogP contribution in [0.3, 0.4) is 0 Å². The normalized spacial score (nSPS) is 22.1. The van der Waals surface area contributed by atoms with Crippen molar-refractivity contribution in [2.45, 2.75) is 223 Å². The topological polar surface area (TPSA) is 241 Å². The molecule has 0 unspecified atom stereocenters. The van der Waals surface area contributed by atoms with Crippen LogP contribution in [-0.2, 0) is 83.2 Å². The summed E-state index contributed by atoms with van der Waals surface area (Å²) in [4.78, 5) is 123. The Kier molecular flexibility index (Phi) is 26.6. The fourth-order valence-electron chi connectivity index (χ4n) is 10.7. The Morgan fingerprint density at radius 3 is 1.12 bits per heavy atom. The maximum atomic E-state index is 15.1. The van der Waals surface area contributed by atoms with Gasteiger partial charge in [0.05, 0.1) is 43.4 Å². The van der Waals surface area contributed by atoms with Gasteiger partial charge in [0.1, 0.15) is 29.9 Å². The van der Waals surface area contributed by atoms with E-state index in [1.54, 1.807) is 35.1 Å². The molecule has 4 aromatic rings. The van der Waals surface area contributed by atoms with Gasteiger partial charge in [-0.05, 0) is 127 Å². The Bertz CT molecular complexity index is 3060. The van der Waals surface area contributed by atoms with Crippen molar-refractivity contribution in [3.8, 4) is 11.5 Å². The van der Waals surface area contributed by atoms with Crippen LogP contribution in [-0.4, -0.2) is 176 Å². The van der Waals surface area contributed by atoms with Crippen molar-refractivity contribution in [3.63, 3.8) is 0 Å². The number of ether oxygens (including phenoxy) is 6. The van der Waals surface area contributed by atoms with Gasteiger partial charge in [0.15, 0.2) is 35.9 Å². The fourth-order valence-corrected chi connectivity index (χ4v) is 10.7. The van der Waals surface area contributed by atoms with Crippen LogP contribution in [0.2, 0.25) is 0 Å². The van der Waals surface area contributed by atoms with E-state index in [-0.39, 0.29) is 74.4 Å². The molecule has 4 amide bonds. The lowest BCUT2D eigenvalue weighted by Gasteiger charge is -2.35. The van der Waals surface area contributed by atoms with Gasteiger partial charge in [-0.15, -0.1) is 0 Å². The Balaban J connectivity index is 1.57. The first-order valence-electron chi connectivity index (χ1n) is 31.6. The van der Waals surface area contributed by atoms with Crippen LogP contribution in [0.5, 0.6) is 11.5 Å². The summed E-state index contributed by atoms with van der Waals surface area (Å²) < 4.78 is 39.8. The standard InChI is InChI=1S/C68H100N8O14/c1-39(2)29-53-65(81)87-48(16)62(78)72(18)56(32-42(7)8)68(84)90-58(34-50-23-27-52(28-24-50)37-76-46(14)59(35-69-76)85-43(9)10)64(80)74(20)54(30-40(3)4)66(82)88-47(15)61(77)71(17)55(31-41(5)6)67(83)89-57(63(79)73(53)19)33-49-21-25-51(26-22-49)36-75-38-60(45(13)70-75)86-44(11)12/h21-28,35,38-44,47-48,53-58H,29-34,36-37H2,1-20H3/t47-,48-,53+,54+,55+,56+,57-,58-/m1/s1. The maximum Gasteiger partial charge on any atom is 0.329 e. The van der Waals surface area contributed by atoms with Gasteiger partial charge < -0.3 is 48.0 Å². The zero-order valence-electron chi connectivity index (χ0n) is 56.8. The van der Waals surface area contributed by atoms with E-state index in [1.165, 1.54) is 42.0 Å². The lowest BCUT2D eigenvalue weighted by molar-refractivity contribution is -0.176. The van der Waals surface area contributed by atoms with Gasteiger partial charge in [0, 0.05) is 41.0 Å². The Morgan fingerprint density at radius 2 is 0.767 bits per heavy atom. The second kappa shape index (κ2) is 32.8. The molecule has 0 aliphatic carbocycles. The van der Waals surface area contributed by atoms with Crippen molar-refractivity contribution in [3.05, 3.63) is 94.6 Å². The number of nitrogens with zero attached hydrogens (tertiary/aromatic N) is 8. The summed E-state index contributed by atoms with van der Waals surface area (Å²) in [6.07, 6.45) is -2.74. The van der Waals surface area contributed by atoms with Gasteiger partial charge in [-0.1, -0.05) is 104 Å². The molecule has 2 aromatic heterocycles. The van der Waals surface area contributed by atoms with Gasteiger partial charge >= 0.3 is 23.9 Å². The first-order valence-corrected chi connectivity index (χ1v) is 31.6. The van der Waals surface area contributed by atoms with Gasteiger partial charge in [0.25, 0.3) is 23.6 Å². The second-order valence-corrected chi connectivity index (χ2v) is 26.3. The summed E-state index contributed by atoms with van der Waals surface area (Å²) >= 11 is 0. The van der Waals surface area contributed by atoms with Crippen LogP contribution in [0, 0.1) is 37.5 Å². The molecule has 1 fully saturated rings. The molecule has 0 bridgehead atoms. The van der Waals surface area contributed by atoms with Crippen molar-refractivity contribution in [2.24, 2.45) is 23.7 Å². The average Bonchev–Trinajstić information content (AvgIpc) is 1.45. The number of carbonyl (C=O) groups excluding carboxylic acids is 8. The highest BCUT2D eigenvalue weighted by molar-refractivity contribution is 5.94. The fraction of sp³-hybridized carbons (Fsp3) is 0.618. The number of aryl methyl sites for hydroxylation is 1. The smallest absolute Gasteiger partial charge is 0.329 e. The van der Waals surface area contributed by atoms with Crippen LogP contribution in [0.25, 0.3) is 0 Å². The van der Waals surface area contributed by atoms with Gasteiger partial charge in [0.2, 0.25) is 0 Å². The SMILES string of the molecule is Cc1nn(Cc2ccc(C[C@H]3OC(=O)[C@H](CC(C)C)N(C)C(=O)[C@@H](C)OC(=O)[C@H](CC(C)C)N(C)C(=O)[C@@H](Cc4ccc(Cn5ncc(OC(C)C)c5C)cc4)OC(=O)[C@H](CC(C)C)N(C)C(=O)[C@@H](C)OC(=O)[C@H](CC(C)C)N(C)C3=O)cc2)cc1OC(C)C. The summed E-state index contributed by atoms with van der Waals surface area (Å²) in [6, 6.07) is 9.46. The molecule has 1 saturated heterocycles. The summed E-state index contributed by atoms with van der Waals surface area (Å²) in [5.41, 5.74) is 4.53. The molecule has 8 atom stereocenters. The Morgan fingerprint density at radius 1 is 0.444 bits per heavy atom. The minimum absolute atomic E-state index is 0.0406. The molecule has 1 aliphatic rings. The molecule has 22 nitrogen and oxygen atoms in total. The van der Waals surface area contributed by atoms with Gasteiger partial charge in [-0.25, -0.2) is 19.2 Å². The van der Waals surface area contributed by atoms with Crippen molar-refractivity contribution >= 4 is 47.5 Å². The van der Waals surface area contributed by atoms with E-state index >= 15 is 9.59 Å². The number of cyclic esters (lactones) is 4. The molecule has 2 aromatic carbocycles. The monoisotopic (exact) mass is 1250 g/mol. The first kappa shape index (κ1) is 73.0. The Labute approximate surface area is 532 Å². The maximum absolute atomic E-state index is 15.1. The minimum Gasteiger partial charge on any atom is -0.487 e. The Hall–Kier alpha value is -7.78. The number of aromatic nitrogens is 4. The zero-order valence-corrected chi connectivity index (χ0v) is 56.8. The van der Waals surface area contributed by atoms with Crippen LogP contribution < -0.4 is 9.47 Å². The largest absolute Gasteiger partial charge is 0.487 e. The van der Waals surface area contributed by atoms with Crippen molar-refractivity contribution in [1.82, 2.24) is 39.2 Å². The number of likely N-dealkylation sites (N-methyl/N-ethyl adjacent to an activating group) is 4. The third-order valence-corrected chi connectivity index (χ3v) is 15.7. The second-order valence-electron chi connectivity index (χ2n) is 26.3. The van der Waals surface area contributed by atoms with Gasteiger partial charge in [-0.2, -0.15) is 10.2 Å². The summed E-state index contributed by atoms with van der Waals surface area (Å²) in [6.45, 7) is 29.9. The average molecular weight is 1250 g/mol. The highest BCUT2D eigenvalue weighted by Crippen LogP contribution is 2.26. The van der Waals surface area contributed by atoms with Crippen LogP contribution in [0.4, 0.5) is 0 Å². The lowest BCUT2D eigenvalue weighted by Crippen LogP contribution is -2.55. The highest BCUT2D eigenvalue weighted by atomic mass is 16.6. The van der Waals surface area contributed by atoms with Crippen molar-refractivity contribution in [1.29, 1.82) is 0 Å². The number of benzene rings is 2. The molecule has 0 N–H and O–H groups in total. The molecule has 3 heterocycles. The molecule has 5 rings (SSSR count). The molecule has 1 aliphatic heterocycles. The zero-order chi connectivity index (χ0) is 67.2. The lowest BCUT2D eigenvalue weighted by atomic mass is 9.99. The molecule has 0 radical (unpaired) electrons. The summed E-state index contributed by atoms with van der Waals surface area (Å²) in [5, 5.41) is 9.11. The summed E-state index contributed by atoms with van der Waals surface area (Å²) in [7, 11) is 5.57. The number of amides is 4. The number of hydrogen-bond acceptors (Lipinski definition) is 16. The molecular weight excluding hydrogens is 1150 g/mol. The first-order chi connectivity index (χ1) is 42.1. The van der Waals surface area contributed by atoms with Crippen molar-refractivity contribution < 1.29 is 66.8 Å². The van der Waals surface area contributed by atoms with Crippen LogP contribution >= 0.6 is 0 Å². The van der Waals surface area contributed by atoms with Gasteiger partial charge in [-0.3, -0.25) is 28.5 Å².